The van der Waals surface area contributed by atoms with Crippen LogP contribution in [-0.4, -0.2) is 4.57 Å². The van der Waals surface area contributed by atoms with E-state index in [4.69, 9.17) is 4.42 Å². The molecule has 3 heteroatoms. The Labute approximate surface area is 353 Å². The van der Waals surface area contributed by atoms with Gasteiger partial charge in [-0.1, -0.05) is 170 Å². The smallest absolute Gasteiger partial charge is 0.143 e. The van der Waals surface area contributed by atoms with E-state index in [1.54, 1.807) is 0 Å². The van der Waals surface area contributed by atoms with Gasteiger partial charge in [0.25, 0.3) is 0 Å². The lowest BCUT2D eigenvalue weighted by molar-refractivity contribution is 0.673. The number of anilines is 3. The monoisotopic (exact) mass is 778 g/mol. The highest BCUT2D eigenvalue weighted by molar-refractivity contribution is 6.22. The van der Waals surface area contributed by atoms with Crippen LogP contribution in [0, 0.1) is 0 Å². The fourth-order valence-corrected chi connectivity index (χ4v) is 9.41. The van der Waals surface area contributed by atoms with E-state index < -0.39 is 0 Å². The molecule has 0 amide bonds. The van der Waals surface area contributed by atoms with E-state index in [1.807, 2.05) is 6.07 Å². The number of hydrogen-bond donors (Lipinski definition) is 0. The first-order chi connectivity index (χ1) is 30.3. The van der Waals surface area contributed by atoms with Crippen LogP contribution in [0.4, 0.5) is 17.1 Å². The zero-order chi connectivity index (χ0) is 40.3. The molecule has 0 unspecified atom stereocenters. The second-order valence-corrected chi connectivity index (χ2v) is 15.6. The third-order valence-corrected chi connectivity index (χ3v) is 12.2. The highest BCUT2D eigenvalue weighted by atomic mass is 16.3. The summed E-state index contributed by atoms with van der Waals surface area (Å²) in [5.41, 5.74) is 15.5. The standard InChI is InChI=1S/C58H38N2O/c1-2-16-39(17-3-1)40-30-34-43(35-31-40)59(53-26-12-9-23-49(53)51-38-42-18-4-5-20-46(42)58-57(51)50-24-10-15-29-56(50)61-58)44-36-32-41(33-37-44)45-19-6-11-25-52(45)60-54-27-13-7-21-47(54)48-22-8-14-28-55(48)60/h1-38H. The van der Waals surface area contributed by atoms with Crippen LogP contribution in [0.15, 0.2) is 235 Å². The van der Waals surface area contributed by atoms with Gasteiger partial charge in [-0.2, -0.15) is 0 Å². The van der Waals surface area contributed by atoms with Crippen molar-refractivity contribution in [2.24, 2.45) is 0 Å². The van der Waals surface area contributed by atoms with Gasteiger partial charge in [0.15, 0.2) is 0 Å². The van der Waals surface area contributed by atoms with E-state index in [-0.39, 0.29) is 0 Å². The minimum Gasteiger partial charge on any atom is -0.455 e. The van der Waals surface area contributed by atoms with Crippen molar-refractivity contribution in [2.75, 3.05) is 4.90 Å². The zero-order valence-corrected chi connectivity index (χ0v) is 33.2. The summed E-state index contributed by atoms with van der Waals surface area (Å²) in [5, 5.41) is 6.99. The highest BCUT2D eigenvalue weighted by Crippen LogP contribution is 2.47. The molecule has 0 bridgehead atoms. The Balaban J connectivity index is 1.04. The van der Waals surface area contributed by atoms with Crippen LogP contribution in [-0.2, 0) is 0 Å². The number of aromatic nitrogens is 1. The first kappa shape index (κ1) is 34.9. The van der Waals surface area contributed by atoms with Crippen molar-refractivity contribution in [3.05, 3.63) is 231 Å². The molecule has 12 aromatic rings. The lowest BCUT2D eigenvalue weighted by atomic mass is 9.93. The predicted octanol–water partition coefficient (Wildman–Crippen LogP) is 16.3. The van der Waals surface area contributed by atoms with Crippen molar-refractivity contribution < 1.29 is 4.42 Å². The lowest BCUT2D eigenvalue weighted by Gasteiger charge is -2.28. The number of hydrogen-bond acceptors (Lipinski definition) is 2. The SMILES string of the molecule is c1ccc(-c2ccc(N(c3ccc(-c4ccccc4-n4c5ccccc5c5ccccc54)cc3)c3ccccc3-c3cc4ccccc4c4oc5ccccc5c34)cc2)cc1. The Hall–Kier alpha value is -8.14. The van der Waals surface area contributed by atoms with E-state index in [1.165, 1.54) is 38.5 Å². The van der Waals surface area contributed by atoms with Crippen LogP contribution >= 0.6 is 0 Å². The summed E-state index contributed by atoms with van der Waals surface area (Å²) in [4.78, 5) is 2.40. The number of fused-ring (bicyclic) bond motifs is 8. The minimum absolute atomic E-state index is 0.887. The maximum absolute atomic E-state index is 6.68. The van der Waals surface area contributed by atoms with E-state index >= 15 is 0 Å². The second-order valence-electron chi connectivity index (χ2n) is 15.6. The van der Waals surface area contributed by atoms with E-state index in [9.17, 15) is 0 Å². The molecule has 3 nitrogen and oxygen atoms in total. The molecule has 61 heavy (non-hydrogen) atoms. The fourth-order valence-electron chi connectivity index (χ4n) is 9.41. The Kier molecular flexibility index (Phi) is 8.17. The number of rotatable bonds is 7. The topological polar surface area (TPSA) is 21.3 Å². The summed E-state index contributed by atoms with van der Waals surface area (Å²) < 4.78 is 9.09. The Morgan fingerprint density at radius 3 is 1.61 bits per heavy atom. The van der Waals surface area contributed by atoms with Gasteiger partial charge in [0.05, 0.1) is 22.4 Å². The number of benzene rings is 10. The van der Waals surface area contributed by atoms with Gasteiger partial charge in [0.1, 0.15) is 11.2 Å². The van der Waals surface area contributed by atoms with Gasteiger partial charge < -0.3 is 13.9 Å². The number of furan rings is 1. The van der Waals surface area contributed by atoms with Crippen LogP contribution < -0.4 is 4.90 Å². The zero-order valence-electron chi connectivity index (χ0n) is 33.2. The van der Waals surface area contributed by atoms with Gasteiger partial charge in [-0.05, 0) is 88.3 Å². The molecule has 0 radical (unpaired) electrons. The fraction of sp³-hybridized carbons (Fsp3) is 0. The Morgan fingerprint density at radius 2 is 0.885 bits per heavy atom. The molecule has 10 aromatic carbocycles. The van der Waals surface area contributed by atoms with E-state index in [0.29, 0.717) is 0 Å². The average molecular weight is 779 g/mol. The molecule has 0 aliphatic carbocycles. The summed E-state index contributed by atoms with van der Waals surface area (Å²) >= 11 is 0. The van der Waals surface area contributed by atoms with Crippen molar-refractivity contribution in [3.63, 3.8) is 0 Å². The molecule has 0 atom stereocenters. The number of nitrogens with zero attached hydrogens (tertiary/aromatic N) is 2. The quantitative estimate of drug-likeness (QED) is 0.161. The molecule has 2 aromatic heterocycles. The summed E-state index contributed by atoms with van der Waals surface area (Å²) in [6, 6.07) is 82.9. The van der Waals surface area contributed by atoms with Gasteiger partial charge in [-0.3, -0.25) is 0 Å². The van der Waals surface area contributed by atoms with E-state index in [2.05, 4.69) is 234 Å². The lowest BCUT2D eigenvalue weighted by Crippen LogP contribution is -2.11. The van der Waals surface area contributed by atoms with Gasteiger partial charge >= 0.3 is 0 Å². The largest absolute Gasteiger partial charge is 0.455 e. The van der Waals surface area contributed by atoms with Crippen LogP contribution in [0.25, 0.3) is 93.6 Å². The molecular weight excluding hydrogens is 741 g/mol. The summed E-state index contributed by atoms with van der Waals surface area (Å²) in [6.45, 7) is 0. The molecule has 0 N–H and O–H groups in total. The molecule has 0 saturated heterocycles. The first-order valence-corrected chi connectivity index (χ1v) is 20.8. The first-order valence-electron chi connectivity index (χ1n) is 20.8. The predicted molar refractivity (Wildman–Crippen MR) is 257 cm³/mol. The maximum atomic E-state index is 6.68. The molecule has 12 rings (SSSR count). The van der Waals surface area contributed by atoms with Crippen molar-refractivity contribution >= 4 is 71.6 Å². The molecular formula is C58H38N2O. The van der Waals surface area contributed by atoms with Crippen LogP contribution in [0.2, 0.25) is 0 Å². The highest BCUT2D eigenvalue weighted by Gasteiger charge is 2.23. The normalized spacial score (nSPS) is 11.6. The summed E-state index contributed by atoms with van der Waals surface area (Å²) in [5.74, 6) is 0. The molecule has 2 heterocycles. The third kappa shape index (κ3) is 5.74. The molecule has 0 spiro atoms. The van der Waals surface area contributed by atoms with Gasteiger partial charge in [0, 0.05) is 49.4 Å². The Bertz CT molecular complexity index is 3520. The molecule has 286 valence electrons. The van der Waals surface area contributed by atoms with Gasteiger partial charge in [-0.15, -0.1) is 0 Å². The molecule has 0 aliphatic heterocycles. The van der Waals surface area contributed by atoms with E-state index in [0.717, 1.165) is 72.2 Å². The summed E-state index contributed by atoms with van der Waals surface area (Å²) in [7, 11) is 0. The van der Waals surface area contributed by atoms with Crippen molar-refractivity contribution in [2.45, 2.75) is 0 Å². The van der Waals surface area contributed by atoms with Crippen LogP contribution in [0.3, 0.4) is 0 Å². The van der Waals surface area contributed by atoms with Crippen LogP contribution in [0.5, 0.6) is 0 Å². The molecule has 0 saturated carbocycles. The van der Waals surface area contributed by atoms with Crippen molar-refractivity contribution in [1.29, 1.82) is 0 Å². The van der Waals surface area contributed by atoms with Gasteiger partial charge in [0.2, 0.25) is 0 Å². The Morgan fingerprint density at radius 1 is 0.361 bits per heavy atom. The third-order valence-electron chi connectivity index (χ3n) is 12.2. The summed E-state index contributed by atoms with van der Waals surface area (Å²) in [6.07, 6.45) is 0. The van der Waals surface area contributed by atoms with Crippen molar-refractivity contribution in [1.82, 2.24) is 4.57 Å². The average Bonchev–Trinajstić information content (AvgIpc) is 3.89. The number of para-hydroxylation sites is 5. The minimum atomic E-state index is 0.887. The van der Waals surface area contributed by atoms with Crippen LogP contribution in [0.1, 0.15) is 0 Å². The molecule has 0 aliphatic rings. The second kappa shape index (κ2) is 14.3. The molecule has 0 fully saturated rings. The van der Waals surface area contributed by atoms with Crippen molar-refractivity contribution in [3.8, 4) is 39.1 Å². The van der Waals surface area contributed by atoms with Gasteiger partial charge in [-0.25, -0.2) is 0 Å². The maximum Gasteiger partial charge on any atom is 0.143 e.